The van der Waals surface area contributed by atoms with Crippen molar-refractivity contribution in [2.24, 2.45) is 0 Å². The molecule has 0 spiro atoms. The normalized spacial score (nSPS) is 12.1. The molecule has 1 amide bonds. The fourth-order valence-corrected chi connectivity index (χ4v) is 2.31. The first kappa shape index (κ1) is 16.9. The number of pyridine rings is 1. The lowest BCUT2D eigenvalue weighted by Gasteiger charge is -2.12. The van der Waals surface area contributed by atoms with Crippen LogP contribution in [-0.2, 0) is 6.61 Å². The predicted molar refractivity (Wildman–Crippen MR) is 91.2 cm³/mol. The average molecular weight is 341 g/mol. The number of carbonyl (C=O) groups is 1. The van der Waals surface area contributed by atoms with Crippen LogP contribution in [0.1, 0.15) is 29.7 Å². The molecule has 3 aromatic rings. The Bertz CT molecular complexity index is 858. The van der Waals surface area contributed by atoms with Crippen LogP contribution in [0.15, 0.2) is 47.2 Å². The predicted octanol–water partition coefficient (Wildman–Crippen LogP) is 2.30. The average Bonchev–Trinajstić information content (AvgIpc) is 3.13. The molecule has 3 rings (SSSR count). The lowest BCUT2D eigenvalue weighted by Crippen LogP contribution is -2.37. The number of hydrogen-bond acceptors (Lipinski definition) is 6. The highest BCUT2D eigenvalue weighted by Gasteiger charge is 2.16. The van der Waals surface area contributed by atoms with Gasteiger partial charge in [0.1, 0.15) is 12.0 Å². The fourth-order valence-electron chi connectivity index (χ4n) is 2.31. The number of fused-ring (bicyclic) bond motifs is 1. The molecule has 0 radical (unpaired) electrons. The van der Waals surface area contributed by atoms with E-state index in [9.17, 15) is 4.79 Å². The van der Waals surface area contributed by atoms with E-state index in [0.717, 1.165) is 10.9 Å². The van der Waals surface area contributed by atoms with Crippen LogP contribution in [0.5, 0.6) is 5.75 Å². The molecule has 7 nitrogen and oxygen atoms in total. The van der Waals surface area contributed by atoms with Crippen LogP contribution in [0.2, 0.25) is 0 Å². The largest absolute Gasteiger partial charge is 0.484 e. The number of carbonyl (C=O) groups excluding carboxylic acids is 1. The summed E-state index contributed by atoms with van der Waals surface area (Å²) in [7, 11) is 0. The van der Waals surface area contributed by atoms with Gasteiger partial charge in [0.2, 0.25) is 5.89 Å². The number of hydrogen-bond donors (Lipinski definition) is 2. The smallest absolute Gasteiger partial charge is 0.273 e. The number of nitrogens with zero attached hydrogens (tertiary/aromatic N) is 2. The van der Waals surface area contributed by atoms with Crippen molar-refractivity contribution in [3.63, 3.8) is 0 Å². The number of aliphatic hydroxyl groups excluding tert-OH is 1. The number of oxazole rings is 1. The molecule has 0 aliphatic rings. The standard InChI is InChI=1S/C18H19N3O4/c1-2-13(9-22)20-18(23)16-10-25-17(21-16)11-24-14-5-6-15-12(8-14)4-3-7-19-15/h3-8,10,13,22H,2,9,11H2,1H3,(H,20,23). The highest BCUT2D eigenvalue weighted by molar-refractivity contribution is 5.92. The van der Waals surface area contributed by atoms with Gasteiger partial charge in [-0.3, -0.25) is 9.78 Å². The van der Waals surface area contributed by atoms with Crippen molar-refractivity contribution in [2.75, 3.05) is 6.61 Å². The molecule has 7 heteroatoms. The zero-order valence-electron chi connectivity index (χ0n) is 13.8. The second-order valence-corrected chi connectivity index (χ2v) is 5.53. The van der Waals surface area contributed by atoms with E-state index in [-0.39, 0.29) is 30.9 Å². The van der Waals surface area contributed by atoms with E-state index >= 15 is 0 Å². The Morgan fingerprint density at radius 3 is 3.08 bits per heavy atom. The van der Waals surface area contributed by atoms with Crippen molar-refractivity contribution in [2.45, 2.75) is 26.0 Å². The van der Waals surface area contributed by atoms with Gasteiger partial charge in [-0.05, 0) is 30.7 Å². The first-order chi connectivity index (χ1) is 12.2. The maximum absolute atomic E-state index is 12.0. The molecular formula is C18H19N3O4. The van der Waals surface area contributed by atoms with E-state index in [0.29, 0.717) is 18.1 Å². The summed E-state index contributed by atoms with van der Waals surface area (Å²) >= 11 is 0. The third kappa shape index (κ3) is 4.13. The molecule has 1 aromatic carbocycles. The Morgan fingerprint density at radius 1 is 1.40 bits per heavy atom. The Kier molecular flexibility index (Phi) is 5.25. The summed E-state index contributed by atoms with van der Waals surface area (Å²) in [6.07, 6.45) is 3.65. The third-order valence-electron chi connectivity index (χ3n) is 3.77. The summed E-state index contributed by atoms with van der Waals surface area (Å²) < 4.78 is 10.9. The van der Waals surface area contributed by atoms with Crippen LogP contribution >= 0.6 is 0 Å². The van der Waals surface area contributed by atoms with Crippen LogP contribution in [0.25, 0.3) is 10.9 Å². The topological polar surface area (TPSA) is 97.5 Å². The number of benzene rings is 1. The molecule has 0 aliphatic heterocycles. The highest BCUT2D eigenvalue weighted by atomic mass is 16.5. The Balaban J connectivity index is 1.61. The summed E-state index contributed by atoms with van der Waals surface area (Å²) in [5.41, 5.74) is 1.05. The van der Waals surface area contributed by atoms with E-state index < -0.39 is 0 Å². The molecule has 0 bridgehead atoms. The Morgan fingerprint density at radius 2 is 2.28 bits per heavy atom. The molecule has 2 aromatic heterocycles. The van der Waals surface area contributed by atoms with Crippen molar-refractivity contribution in [1.82, 2.24) is 15.3 Å². The lowest BCUT2D eigenvalue weighted by atomic mass is 10.2. The number of aliphatic hydroxyl groups is 1. The van der Waals surface area contributed by atoms with Crippen LogP contribution in [-0.4, -0.2) is 33.6 Å². The van der Waals surface area contributed by atoms with Crippen LogP contribution < -0.4 is 10.1 Å². The van der Waals surface area contributed by atoms with E-state index in [2.05, 4.69) is 15.3 Å². The van der Waals surface area contributed by atoms with E-state index in [1.54, 1.807) is 6.20 Å². The SMILES string of the molecule is CCC(CO)NC(=O)c1coc(COc2ccc3ncccc3c2)n1. The second-order valence-electron chi connectivity index (χ2n) is 5.53. The van der Waals surface area contributed by atoms with Crippen molar-refractivity contribution >= 4 is 16.8 Å². The minimum absolute atomic E-state index is 0.107. The first-order valence-electron chi connectivity index (χ1n) is 8.03. The van der Waals surface area contributed by atoms with Gasteiger partial charge >= 0.3 is 0 Å². The van der Waals surface area contributed by atoms with Gasteiger partial charge in [0, 0.05) is 11.6 Å². The van der Waals surface area contributed by atoms with Crippen LogP contribution in [0, 0.1) is 0 Å². The Labute approximate surface area is 144 Å². The lowest BCUT2D eigenvalue weighted by molar-refractivity contribution is 0.0910. The summed E-state index contributed by atoms with van der Waals surface area (Å²) in [5.74, 6) is 0.581. The minimum Gasteiger partial charge on any atom is -0.484 e. The zero-order valence-corrected chi connectivity index (χ0v) is 13.8. The van der Waals surface area contributed by atoms with E-state index in [4.69, 9.17) is 14.3 Å². The van der Waals surface area contributed by atoms with Gasteiger partial charge in [-0.25, -0.2) is 4.98 Å². The number of amides is 1. The molecule has 0 saturated heterocycles. The summed E-state index contributed by atoms with van der Waals surface area (Å²) in [4.78, 5) is 20.4. The third-order valence-corrected chi connectivity index (χ3v) is 3.77. The van der Waals surface area contributed by atoms with Gasteiger partial charge in [0.15, 0.2) is 12.3 Å². The monoisotopic (exact) mass is 341 g/mol. The number of ether oxygens (including phenoxy) is 1. The van der Waals surface area contributed by atoms with Crippen molar-refractivity contribution < 1.29 is 19.1 Å². The summed E-state index contributed by atoms with van der Waals surface area (Å²) in [6.45, 7) is 1.87. The Hall–Kier alpha value is -2.93. The summed E-state index contributed by atoms with van der Waals surface area (Å²) in [6, 6.07) is 9.09. The number of nitrogens with one attached hydrogen (secondary N) is 1. The molecule has 2 N–H and O–H groups in total. The number of aromatic nitrogens is 2. The molecule has 25 heavy (non-hydrogen) atoms. The number of rotatable bonds is 7. The van der Waals surface area contributed by atoms with Gasteiger partial charge in [-0.2, -0.15) is 0 Å². The summed E-state index contributed by atoms with van der Waals surface area (Å²) in [5, 5.41) is 12.8. The van der Waals surface area contributed by atoms with Crippen molar-refractivity contribution in [1.29, 1.82) is 0 Å². The second kappa shape index (κ2) is 7.76. The molecule has 0 aliphatic carbocycles. The van der Waals surface area contributed by atoms with Gasteiger partial charge in [-0.15, -0.1) is 0 Å². The van der Waals surface area contributed by atoms with Crippen LogP contribution in [0.4, 0.5) is 0 Å². The fraction of sp³-hybridized carbons (Fsp3) is 0.278. The zero-order chi connectivity index (χ0) is 17.6. The van der Waals surface area contributed by atoms with Gasteiger partial charge in [-0.1, -0.05) is 13.0 Å². The van der Waals surface area contributed by atoms with Crippen LogP contribution in [0.3, 0.4) is 0 Å². The van der Waals surface area contributed by atoms with Crippen molar-refractivity contribution in [3.8, 4) is 5.75 Å². The maximum atomic E-state index is 12.0. The first-order valence-corrected chi connectivity index (χ1v) is 8.03. The minimum atomic E-state index is -0.382. The molecule has 130 valence electrons. The quantitative estimate of drug-likeness (QED) is 0.684. The van der Waals surface area contributed by atoms with Gasteiger partial charge in [0.05, 0.1) is 18.2 Å². The van der Waals surface area contributed by atoms with E-state index in [1.807, 2.05) is 37.3 Å². The van der Waals surface area contributed by atoms with Gasteiger partial charge in [0.25, 0.3) is 5.91 Å². The molecule has 1 unspecified atom stereocenters. The molecule has 1 atom stereocenters. The maximum Gasteiger partial charge on any atom is 0.273 e. The highest BCUT2D eigenvalue weighted by Crippen LogP contribution is 2.19. The molecule has 2 heterocycles. The van der Waals surface area contributed by atoms with E-state index in [1.165, 1.54) is 6.26 Å². The van der Waals surface area contributed by atoms with Crippen molar-refractivity contribution in [3.05, 3.63) is 54.4 Å². The van der Waals surface area contributed by atoms with Gasteiger partial charge < -0.3 is 19.6 Å². The molecule has 0 fully saturated rings. The molecular weight excluding hydrogens is 322 g/mol. The molecule has 0 saturated carbocycles.